The van der Waals surface area contributed by atoms with E-state index in [9.17, 15) is 14.4 Å². The van der Waals surface area contributed by atoms with Crippen LogP contribution in [0.2, 0.25) is 0 Å². The number of ether oxygens (including phenoxy) is 1. The van der Waals surface area contributed by atoms with Gasteiger partial charge < -0.3 is 15.4 Å². The minimum atomic E-state index is -0.489. The Kier molecular flexibility index (Phi) is 8.59. The lowest BCUT2D eigenvalue weighted by atomic mass is 10.0. The van der Waals surface area contributed by atoms with Gasteiger partial charge in [0, 0.05) is 18.5 Å². The van der Waals surface area contributed by atoms with Gasteiger partial charge in [0.25, 0.3) is 5.91 Å². The second-order valence-electron chi connectivity index (χ2n) is 7.59. The molecule has 0 aliphatic heterocycles. The molecule has 6 heteroatoms. The maximum absolute atomic E-state index is 12.5. The van der Waals surface area contributed by atoms with Crippen LogP contribution in [0.4, 0.5) is 0 Å². The molecule has 0 spiro atoms. The molecule has 0 fully saturated rings. The van der Waals surface area contributed by atoms with Crippen molar-refractivity contribution in [2.75, 3.05) is 6.54 Å². The Bertz CT molecular complexity index is 875. The van der Waals surface area contributed by atoms with Crippen molar-refractivity contribution in [3.8, 4) is 0 Å². The summed E-state index contributed by atoms with van der Waals surface area (Å²) < 4.78 is 5.23. The maximum Gasteiger partial charge on any atom is 0.308 e. The number of hydrogen-bond donors (Lipinski definition) is 2. The SMILES string of the molecule is Cc1ccc(C(CC(=O)OC(C)C)NC(=O)CCNC(=O)c2ccccc2C)cc1. The van der Waals surface area contributed by atoms with Gasteiger partial charge in [-0.2, -0.15) is 0 Å². The molecular weight excluding hydrogens is 380 g/mol. The molecule has 1 atom stereocenters. The van der Waals surface area contributed by atoms with Gasteiger partial charge >= 0.3 is 5.97 Å². The second-order valence-corrected chi connectivity index (χ2v) is 7.59. The van der Waals surface area contributed by atoms with E-state index < -0.39 is 6.04 Å². The highest BCUT2D eigenvalue weighted by atomic mass is 16.5. The fourth-order valence-electron chi connectivity index (χ4n) is 3.01. The number of amides is 2. The Morgan fingerprint density at radius 3 is 2.27 bits per heavy atom. The fraction of sp³-hybridized carbons (Fsp3) is 0.375. The van der Waals surface area contributed by atoms with Crippen molar-refractivity contribution in [1.29, 1.82) is 0 Å². The zero-order chi connectivity index (χ0) is 22.1. The first-order valence-electron chi connectivity index (χ1n) is 10.2. The molecule has 0 aliphatic rings. The van der Waals surface area contributed by atoms with E-state index in [1.54, 1.807) is 26.0 Å². The first-order chi connectivity index (χ1) is 14.3. The van der Waals surface area contributed by atoms with Gasteiger partial charge in [0.2, 0.25) is 5.91 Å². The van der Waals surface area contributed by atoms with E-state index in [2.05, 4.69) is 10.6 Å². The van der Waals surface area contributed by atoms with Gasteiger partial charge in [0.15, 0.2) is 0 Å². The van der Waals surface area contributed by atoms with E-state index in [-0.39, 0.29) is 43.3 Å². The zero-order valence-electron chi connectivity index (χ0n) is 18.0. The third kappa shape index (κ3) is 7.35. The van der Waals surface area contributed by atoms with E-state index in [1.807, 2.05) is 50.2 Å². The number of carbonyl (C=O) groups is 3. The highest BCUT2D eigenvalue weighted by Crippen LogP contribution is 2.19. The molecule has 1 unspecified atom stereocenters. The Hall–Kier alpha value is -3.15. The van der Waals surface area contributed by atoms with Gasteiger partial charge in [0.1, 0.15) is 0 Å². The molecule has 0 bridgehead atoms. The van der Waals surface area contributed by atoms with Crippen molar-refractivity contribution in [2.24, 2.45) is 0 Å². The van der Waals surface area contributed by atoms with Gasteiger partial charge in [-0.15, -0.1) is 0 Å². The zero-order valence-corrected chi connectivity index (χ0v) is 18.0. The third-order valence-electron chi connectivity index (χ3n) is 4.58. The highest BCUT2D eigenvalue weighted by molar-refractivity contribution is 5.95. The molecule has 6 nitrogen and oxygen atoms in total. The molecule has 0 aliphatic carbocycles. The Morgan fingerprint density at radius 1 is 0.967 bits per heavy atom. The molecule has 30 heavy (non-hydrogen) atoms. The van der Waals surface area contributed by atoms with Crippen LogP contribution >= 0.6 is 0 Å². The number of rotatable bonds is 9. The Balaban J connectivity index is 1.94. The predicted molar refractivity (Wildman–Crippen MR) is 116 cm³/mol. The van der Waals surface area contributed by atoms with E-state index in [4.69, 9.17) is 4.74 Å². The summed E-state index contributed by atoms with van der Waals surface area (Å²) in [6.45, 7) is 7.62. The van der Waals surface area contributed by atoms with Crippen molar-refractivity contribution < 1.29 is 19.1 Å². The van der Waals surface area contributed by atoms with Crippen molar-refractivity contribution >= 4 is 17.8 Å². The van der Waals surface area contributed by atoms with E-state index >= 15 is 0 Å². The summed E-state index contributed by atoms with van der Waals surface area (Å²) in [5, 5.41) is 5.66. The predicted octanol–water partition coefficient (Wildman–Crippen LogP) is 3.62. The van der Waals surface area contributed by atoms with Crippen molar-refractivity contribution in [3.05, 3.63) is 70.8 Å². The smallest absolute Gasteiger partial charge is 0.308 e. The number of aryl methyl sites for hydroxylation is 2. The summed E-state index contributed by atoms with van der Waals surface area (Å²) in [4.78, 5) is 36.9. The normalized spacial score (nSPS) is 11.6. The Labute approximate surface area is 178 Å². The summed E-state index contributed by atoms with van der Waals surface area (Å²) >= 11 is 0. The van der Waals surface area contributed by atoms with Crippen LogP contribution in [-0.2, 0) is 14.3 Å². The quantitative estimate of drug-likeness (QED) is 0.619. The summed E-state index contributed by atoms with van der Waals surface area (Å²) in [5.74, 6) is -0.830. The lowest BCUT2D eigenvalue weighted by molar-refractivity contribution is -0.148. The number of benzene rings is 2. The van der Waals surface area contributed by atoms with Crippen LogP contribution in [0.1, 0.15) is 59.8 Å². The maximum atomic E-state index is 12.5. The molecule has 0 heterocycles. The number of nitrogens with one attached hydrogen (secondary N) is 2. The molecule has 0 aromatic heterocycles. The van der Waals surface area contributed by atoms with Crippen LogP contribution in [0, 0.1) is 13.8 Å². The highest BCUT2D eigenvalue weighted by Gasteiger charge is 2.20. The Morgan fingerprint density at radius 2 is 1.63 bits per heavy atom. The third-order valence-corrected chi connectivity index (χ3v) is 4.58. The molecule has 2 rings (SSSR count). The van der Waals surface area contributed by atoms with E-state index in [1.165, 1.54) is 0 Å². The lowest BCUT2D eigenvalue weighted by Gasteiger charge is -2.20. The minimum Gasteiger partial charge on any atom is -0.463 e. The van der Waals surface area contributed by atoms with Gasteiger partial charge in [-0.25, -0.2) is 0 Å². The van der Waals surface area contributed by atoms with Crippen molar-refractivity contribution in [1.82, 2.24) is 10.6 Å². The minimum absolute atomic E-state index is 0.0442. The lowest BCUT2D eigenvalue weighted by Crippen LogP contribution is -2.34. The van der Waals surface area contributed by atoms with Crippen LogP contribution in [-0.4, -0.2) is 30.4 Å². The second kappa shape index (κ2) is 11.1. The van der Waals surface area contributed by atoms with Crippen LogP contribution < -0.4 is 10.6 Å². The van der Waals surface area contributed by atoms with Crippen LogP contribution in [0.15, 0.2) is 48.5 Å². The molecule has 160 valence electrons. The number of hydrogen-bond acceptors (Lipinski definition) is 4. The summed E-state index contributed by atoms with van der Waals surface area (Å²) in [5.41, 5.74) is 3.39. The van der Waals surface area contributed by atoms with Crippen molar-refractivity contribution in [2.45, 2.75) is 52.7 Å². The average molecular weight is 411 g/mol. The first kappa shape index (κ1) is 23.1. The van der Waals surface area contributed by atoms with Gasteiger partial charge in [-0.05, 0) is 44.9 Å². The number of esters is 1. The molecule has 0 saturated carbocycles. The van der Waals surface area contributed by atoms with Crippen LogP contribution in [0.5, 0.6) is 0 Å². The van der Waals surface area contributed by atoms with Crippen LogP contribution in [0.3, 0.4) is 0 Å². The first-order valence-corrected chi connectivity index (χ1v) is 10.2. The molecule has 0 radical (unpaired) electrons. The van der Waals surface area contributed by atoms with Crippen LogP contribution in [0.25, 0.3) is 0 Å². The molecule has 2 N–H and O–H groups in total. The summed E-state index contributed by atoms with van der Waals surface area (Å²) in [7, 11) is 0. The number of carbonyl (C=O) groups excluding carboxylic acids is 3. The van der Waals surface area contributed by atoms with E-state index in [0.717, 1.165) is 16.7 Å². The van der Waals surface area contributed by atoms with Gasteiger partial charge in [-0.1, -0.05) is 48.0 Å². The topological polar surface area (TPSA) is 84.5 Å². The van der Waals surface area contributed by atoms with Gasteiger partial charge in [-0.3, -0.25) is 14.4 Å². The molecule has 2 amide bonds. The molecule has 0 saturated heterocycles. The monoisotopic (exact) mass is 410 g/mol. The summed E-state index contributed by atoms with van der Waals surface area (Å²) in [6, 6.07) is 14.5. The standard InChI is InChI=1S/C24H30N2O4/c1-16(2)30-23(28)15-21(19-11-9-17(3)10-12-19)26-22(27)13-14-25-24(29)20-8-6-5-7-18(20)4/h5-12,16,21H,13-15H2,1-4H3,(H,25,29)(H,26,27). The van der Waals surface area contributed by atoms with Crippen molar-refractivity contribution in [3.63, 3.8) is 0 Å². The molecular formula is C24H30N2O4. The molecule has 2 aromatic carbocycles. The molecule has 2 aromatic rings. The summed E-state index contributed by atoms with van der Waals surface area (Å²) in [6.07, 6.45) is -0.0644. The van der Waals surface area contributed by atoms with E-state index in [0.29, 0.717) is 5.56 Å². The fourth-order valence-corrected chi connectivity index (χ4v) is 3.01. The average Bonchev–Trinajstić information content (AvgIpc) is 2.67. The van der Waals surface area contributed by atoms with Gasteiger partial charge in [0.05, 0.1) is 18.6 Å². The largest absolute Gasteiger partial charge is 0.463 e.